The molecule has 2 rings (SSSR count). The van der Waals surface area contributed by atoms with E-state index in [0.717, 1.165) is 5.56 Å². The molecule has 0 saturated carbocycles. The Bertz CT molecular complexity index is 666. The fourth-order valence-corrected chi connectivity index (χ4v) is 2.03. The van der Waals surface area contributed by atoms with Gasteiger partial charge in [0.1, 0.15) is 12.1 Å². The highest BCUT2D eigenvalue weighted by Gasteiger charge is 2.16. The molecule has 0 spiro atoms. The highest BCUT2D eigenvalue weighted by molar-refractivity contribution is 6.32. The Morgan fingerprint density at radius 3 is 2.91 bits per heavy atom. The van der Waals surface area contributed by atoms with Crippen molar-refractivity contribution in [3.05, 3.63) is 40.8 Å². The molecule has 1 N–H and O–H groups in total. The summed E-state index contributed by atoms with van der Waals surface area (Å²) >= 11 is 6.07. The molecule has 116 valence electrons. The molecule has 1 heterocycles. The number of hydrogen-bond donors (Lipinski definition) is 1. The van der Waals surface area contributed by atoms with Gasteiger partial charge in [0, 0.05) is 6.54 Å². The number of nitrogens with one attached hydrogen (secondary N) is 1. The van der Waals surface area contributed by atoms with Crippen LogP contribution in [0.2, 0.25) is 5.02 Å². The van der Waals surface area contributed by atoms with E-state index in [1.807, 2.05) is 6.07 Å². The summed E-state index contributed by atoms with van der Waals surface area (Å²) in [5.41, 5.74) is 0.947. The van der Waals surface area contributed by atoms with E-state index in [1.165, 1.54) is 6.33 Å². The molecular formula is C14H15ClN4O3. The molecule has 0 fully saturated rings. The molecule has 0 atom stereocenters. The maximum Gasteiger partial charge on any atom is 0.362 e. The minimum atomic E-state index is -0.571. The van der Waals surface area contributed by atoms with Crippen molar-refractivity contribution in [2.24, 2.45) is 0 Å². The largest absolute Gasteiger partial charge is 0.495 e. The Labute approximate surface area is 132 Å². The van der Waals surface area contributed by atoms with Gasteiger partial charge in [0.25, 0.3) is 0 Å². The maximum atomic E-state index is 11.8. The number of carbonyl (C=O) groups excluding carboxylic acids is 1. The Morgan fingerprint density at radius 1 is 1.41 bits per heavy atom. The van der Waals surface area contributed by atoms with Crippen LogP contribution in [0.3, 0.4) is 0 Å². The van der Waals surface area contributed by atoms with Gasteiger partial charge >= 0.3 is 5.97 Å². The molecule has 2 aromatic rings. The van der Waals surface area contributed by atoms with Crippen LogP contribution in [0.4, 0.5) is 5.82 Å². The quantitative estimate of drug-likeness (QED) is 0.817. The van der Waals surface area contributed by atoms with Gasteiger partial charge in [-0.25, -0.2) is 9.78 Å². The zero-order valence-electron chi connectivity index (χ0n) is 12.2. The van der Waals surface area contributed by atoms with E-state index in [4.69, 9.17) is 21.1 Å². The number of anilines is 1. The number of halogens is 1. The van der Waals surface area contributed by atoms with Crippen LogP contribution in [0, 0.1) is 0 Å². The molecular weight excluding hydrogens is 308 g/mol. The van der Waals surface area contributed by atoms with Gasteiger partial charge < -0.3 is 14.8 Å². The van der Waals surface area contributed by atoms with Crippen LogP contribution in [-0.4, -0.2) is 34.9 Å². The number of carbonyl (C=O) groups is 1. The monoisotopic (exact) mass is 322 g/mol. The van der Waals surface area contributed by atoms with Gasteiger partial charge in [0.15, 0.2) is 5.82 Å². The molecule has 1 aromatic carbocycles. The first kappa shape index (κ1) is 16.0. The SMILES string of the molecule is CCOC(=O)c1nncnc1NCc1ccc(OC)c(Cl)c1. The Hall–Kier alpha value is -2.41. The van der Waals surface area contributed by atoms with E-state index in [9.17, 15) is 4.79 Å². The van der Waals surface area contributed by atoms with Crippen LogP contribution < -0.4 is 10.1 Å². The minimum Gasteiger partial charge on any atom is -0.495 e. The Balaban J connectivity index is 2.11. The van der Waals surface area contributed by atoms with Crippen molar-refractivity contribution in [1.82, 2.24) is 15.2 Å². The molecule has 22 heavy (non-hydrogen) atoms. The first-order chi connectivity index (χ1) is 10.7. The number of methoxy groups -OCH3 is 1. The van der Waals surface area contributed by atoms with Crippen LogP contribution in [0.15, 0.2) is 24.5 Å². The van der Waals surface area contributed by atoms with E-state index < -0.39 is 5.97 Å². The average Bonchev–Trinajstić information content (AvgIpc) is 2.53. The lowest BCUT2D eigenvalue weighted by molar-refractivity contribution is 0.0518. The fourth-order valence-electron chi connectivity index (χ4n) is 1.75. The van der Waals surface area contributed by atoms with Crippen LogP contribution in [0.5, 0.6) is 5.75 Å². The molecule has 0 aliphatic rings. The Kier molecular flexibility index (Phi) is 5.48. The predicted octanol–water partition coefficient (Wildman–Crippen LogP) is 2.32. The molecule has 0 saturated heterocycles. The van der Waals surface area contributed by atoms with Crippen molar-refractivity contribution in [3.63, 3.8) is 0 Å². The van der Waals surface area contributed by atoms with Crippen molar-refractivity contribution in [3.8, 4) is 5.75 Å². The molecule has 0 unspecified atom stereocenters. The number of rotatable bonds is 6. The highest BCUT2D eigenvalue weighted by Crippen LogP contribution is 2.25. The van der Waals surface area contributed by atoms with E-state index in [1.54, 1.807) is 26.2 Å². The zero-order valence-corrected chi connectivity index (χ0v) is 12.9. The molecule has 0 aliphatic heterocycles. The van der Waals surface area contributed by atoms with E-state index >= 15 is 0 Å². The summed E-state index contributed by atoms with van der Waals surface area (Å²) in [6.45, 7) is 2.38. The third-order valence-electron chi connectivity index (χ3n) is 2.77. The third kappa shape index (κ3) is 3.82. The number of benzene rings is 1. The smallest absolute Gasteiger partial charge is 0.362 e. The van der Waals surface area contributed by atoms with Gasteiger partial charge in [-0.15, -0.1) is 10.2 Å². The summed E-state index contributed by atoms with van der Waals surface area (Å²) in [5, 5.41) is 10.9. The first-order valence-electron chi connectivity index (χ1n) is 6.56. The van der Waals surface area contributed by atoms with E-state index in [0.29, 0.717) is 23.1 Å². The lowest BCUT2D eigenvalue weighted by Gasteiger charge is -2.10. The Morgan fingerprint density at radius 2 is 2.23 bits per heavy atom. The number of aromatic nitrogens is 3. The normalized spacial score (nSPS) is 10.1. The fraction of sp³-hybridized carbons (Fsp3) is 0.286. The average molecular weight is 323 g/mol. The molecule has 0 bridgehead atoms. The molecule has 0 amide bonds. The van der Waals surface area contributed by atoms with Gasteiger partial charge in [-0.2, -0.15) is 0 Å². The first-order valence-corrected chi connectivity index (χ1v) is 6.94. The second-order valence-corrected chi connectivity index (χ2v) is 4.61. The van der Waals surface area contributed by atoms with Gasteiger partial charge in [-0.1, -0.05) is 17.7 Å². The highest BCUT2D eigenvalue weighted by atomic mass is 35.5. The van der Waals surface area contributed by atoms with Crippen LogP contribution >= 0.6 is 11.6 Å². The number of esters is 1. The van der Waals surface area contributed by atoms with Crippen LogP contribution in [-0.2, 0) is 11.3 Å². The lowest BCUT2D eigenvalue weighted by Crippen LogP contribution is -2.14. The van der Waals surface area contributed by atoms with Crippen molar-refractivity contribution in [2.75, 3.05) is 19.0 Å². The number of hydrogen-bond acceptors (Lipinski definition) is 7. The summed E-state index contributed by atoms with van der Waals surface area (Å²) in [7, 11) is 1.55. The standard InChI is InChI=1S/C14H15ClN4O3/c1-3-22-14(20)12-13(17-8-18-19-12)16-7-9-4-5-11(21-2)10(15)6-9/h4-6,8H,3,7H2,1-2H3,(H,16,17,18). The summed E-state index contributed by atoms with van der Waals surface area (Å²) in [4.78, 5) is 15.8. The molecule has 0 aliphatic carbocycles. The summed E-state index contributed by atoms with van der Waals surface area (Å²) in [6.07, 6.45) is 1.26. The lowest BCUT2D eigenvalue weighted by atomic mass is 10.2. The maximum absolute atomic E-state index is 11.8. The summed E-state index contributed by atoms with van der Waals surface area (Å²) in [6, 6.07) is 5.40. The van der Waals surface area contributed by atoms with Gasteiger partial charge in [0.05, 0.1) is 18.7 Å². The van der Waals surface area contributed by atoms with Crippen molar-refractivity contribution in [1.29, 1.82) is 0 Å². The van der Waals surface area contributed by atoms with Gasteiger partial charge in [-0.05, 0) is 24.6 Å². The zero-order chi connectivity index (χ0) is 15.9. The van der Waals surface area contributed by atoms with Crippen molar-refractivity contribution in [2.45, 2.75) is 13.5 Å². The topological polar surface area (TPSA) is 86.2 Å². The van der Waals surface area contributed by atoms with Crippen LogP contribution in [0.1, 0.15) is 23.0 Å². The molecule has 8 heteroatoms. The number of nitrogens with zero attached hydrogens (tertiary/aromatic N) is 3. The van der Waals surface area contributed by atoms with Gasteiger partial charge in [0.2, 0.25) is 5.69 Å². The van der Waals surface area contributed by atoms with Gasteiger partial charge in [-0.3, -0.25) is 0 Å². The number of ether oxygens (including phenoxy) is 2. The van der Waals surface area contributed by atoms with Crippen molar-refractivity contribution < 1.29 is 14.3 Å². The molecule has 7 nitrogen and oxygen atoms in total. The van der Waals surface area contributed by atoms with E-state index in [2.05, 4.69) is 20.5 Å². The summed E-state index contributed by atoms with van der Waals surface area (Å²) in [5.74, 6) is 0.333. The minimum absolute atomic E-state index is 0.0453. The van der Waals surface area contributed by atoms with Crippen LogP contribution in [0.25, 0.3) is 0 Å². The third-order valence-corrected chi connectivity index (χ3v) is 3.06. The second kappa shape index (κ2) is 7.56. The van der Waals surface area contributed by atoms with Crippen molar-refractivity contribution >= 4 is 23.4 Å². The summed E-state index contributed by atoms with van der Waals surface area (Å²) < 4.78 is 10.0. The second-order valence-electron chi connectivity index (χ2n) is 4.20. The van der Waals surface area contributed by atoms with E-state index in [-0.39, 0.29) is 12.3 Å². The molecule has 0 radical (unpaired) electrons. The predicted molar refractivity (Wildman–Crippen MR) is 81.1 cm³/mol. The molecule has 1 aromatic heterocycles.